The standard InChI is InChI=1S/C2H2As3/c1-2-4-5-3-1/h1-2H. The first-order valence-corrected chi connectivity index (χ1v) is 13.8. The van der Waals surface area contributed by atoms with Gasteiger partial charge in [0.25, 0.3) is 0 Å². The average molecular weight is 251 g/mol. The third-order valence-corrected chi connectivity index (χ3v) is 19.9. The fourth-order valence-corrected chi connectivity index (χ4v) is 20.9. The molecule has 1 rings (SSSR count). The minimum absolute atomic E-state index is 0.809. The van der Waals surface area contributed by atoms with Gasteiger partial charge in [0.15, 0.2) is 0 Å². The van der Waals surface area contributed by atoms with Crippen molar-refractivity contribution in [3.05, 3.63) is 9.73 Å². The van der Waals surface area contributed by atoms with Crippen molar-refractivity contribution < 1.29 is 0 Å². The van der Waals surface area contributed by atoms with Crippen molar-refractivity contribution >= 4 is 37.9 Å². The normalized spacial score (nSPS) is 28.8. The first-order chi connectivity index (χ1) is 2.50. The van der Waals surface area contributed by atoms with Gasteiger partial charge in [-0.05, 0) is 0 Å². The summed E-state index contributed by atoms with van der Waals surface area (Å²) < 4.78 is 0. The van der Waals surface area contributed by atoms with Crippen molar-refractivity contribution in [2.45, 2.75) is 0 Å². The zero-order valence-corrected chi connectivity index (χ0v) is 8.13. The van der Waals surface area contributed by atoms with Gasteiger partial charge in [-0.1, -0.05) is 0 Å². The molecule has 1 radical (unpaired) electrons. The Bertz CT molecular complexity index is 63.0. The van der Waals surface area contributed by atoms with Crippen LogP contribution in [0.25, 0.3) is 0 Å². The van der Waals surface area contributed by atoms with Crippen LogP contribution >= 0.6 is 0 Å². The van der Waals surface area contributed by atoms with E-state index in [-0.39, 0.29) is 0 Å². The second kappa shape index (κ2) is 2.57. The second-order valence-electron chi connectivity index (χ2n) is 0.619. The zero-order chi connectivity index (χ0) is 3.54. The molecule has 0 unspecified atom stereocenters. The van der Waals surface area contributed by atoms with Crippen LogP contribution in [0, 0.1) is 0 Å². The van der Waals surface area contributed by atoms with E-state index in [0.717, 1.165) is 37.9 Å². The molecule has 0 aromatic rings. The summed E-state index contributed by atoms with van der Waals surface area (Å²) in [6.07, 6.45) is 0. The molecule has 0 aliphatic carbocycles. The van der Waals surface area contributed by atoms with Gasteiger partial charge in [0.1, 0.15) is 0 Å². The number of hydrogen-bond acceptors (Lipinski definition) is 0. The molecule has 0 atom stereocenters. The van der Waals surface area contributed by atoms with Gasteiger partial charge in [-0.2, -0.15) is 0 Å². The molecule has 1 heterocycles. The molecule has 0 saturated carbocycles. The van der Waals surface area contributed by atoms with Crippen molar-refractivity contribution in [2.24, 2.45) is 0 Å². The molecule has 0 nitrogen and oxygen atoms in total. The summed E-state index contributed by atoms with van der Waals surface area (Å²) in [7, 11) is 0. The molecule has 25 valence electrons. The predicted octanol–water partition coefficient (Wildman–Crippen LogP) is -0.586. The summed E-state index contributed by atoms with van der Waals surface area (Å²) >= 11 is 2.55. The van der Waals surface area contributed by atoms with Crippen LogP contribution in [0.15, 0.2) is 9.73 Å². The van der Waals surface area contributed by atoms with Gasteiger partial charge >= 0.3 is 47.6 Å². The molecule has 3 heteroatoms. The Hall–Kier alpha value is 1.42. The molecule has 1 aliphatic heterocycles. The second-order valence-corrected chi connectivity index (χ2v) is 20.3. The van der Waals surface area contributed by atoms with Gasteiger partial charge in [-0.25, -0.2) is 0 Å². The van der Waals surface area contributed by atoms with Crippen LogP contribution in [0.5, 0.6) is 0 Å². The van der Waals surface area contributed by atoms with Crippen LogP contribution in [-0.4, -0.2) is 37.9 Å². The molecule has 0 N–H and O–H groups in total. The van der Waals surface area contributed by atoms with E-state index in [1.54, 1.807) is 0 Å². The Kier molecular flexibility index (Phi) is 2.35. The molecule has 0 aromatic heterocycles. The van der Waals surface area contributed by atoms with Crippen LogP contribution in [0.2, 0.25) is 0 Å². The number of rotatable bonds is 0. The van der Waals surface area contributed by atoms with E-state index in [1.807, 2.05) is 0 Å². The van der Waals surface area contributed by atoms with Gasteiger partial charge in [0.05, 0.1) is 0 Å². The van der Waals surface area contributed by atoms with E-state index in [1.165, 1.54) is 0 Å². The van der Waals surface area contributed by atoms with E-state index in [9.17, 15) is 0 Å². The zero-order valence-electron chi connectivity index (χ0n) is 2.50. The average Bonchev–Trinajstić information content (AvgIpc) is 1.76. The summed E-state index contributed by atoms with van der Waals surface area (Å²) in [6, 6.07) is 0. The molecule has 0 amide bonds. The van der Waals surface area contributed by atoms with Crippen molar-refractivity contribution in [3.8, 4) is 0 Å². The Balaban J connectivity index is 2.61. The maximum absolute atomic E-state index is 2.41. The van der Waals surface area contributed by atoms with Crippen molar-refractivity contribution in [1.82, 2.24) is 0 Å². The summed E-state index contributed by atoms with van der Waals surface area (Å²) in [5.41, 5.74) is 0. The van der Waals surface area contributed by atoms with E-state index in [4.69, 9.17) is 0 Å². The van der Waals surface area contributed by atoms with Crippen molar-refractivity contribution in [2.75, 3.05) is 0 Å². The molecule has 0 aromatic carbocycles. The Labute approximate surface area is 47.3 Å². The van der Waals surface area contributed by atoms with Gasteiger partial charge in [0.2, 0.25) is 0 Å². The first-order valence-electron chi connectivity index (χ1n) is 1.25. The van der Waals surface area contributed by atoms with Gasteiger partial charge in [-0.15, -0.1) is 0 Å². The van der Waals surface area contributed by atoms with E-state index < -0.39 is 0 Å². The monoisotopic (exact) mass is 251 g/mol. The fraction of sp³-hybridized carbons (Fsp3) is 0. The predicted molar refractivity (Wildman–Crippen MR) is 26.4 cm³/mol. The molecular weight excluding hydrogens is 249 g/mol. The topological polar surface area (TPSA) is 0 Å². The van der Waals surface area contributed by atoms with E-state index in [2.05, 4.69) is 9.73 Å². The third-order valence-electron chi connectivity index (χ3n) is 0.303. The molecule has 5 heavy (non-hydrogen) atoms. The van der Waals surface area contributed by atoms with Crippen LogP contribution in [0.1, 0.15) is 0 Å². The third kappa shape index (κ3) is 1.53. The molecule has 0 fully saturated rings. The summed E-state index contributed by atoms with van der Waals surface area (Å²) in [5, 5.41) is 0. The molecule has 0 bridgehead atoms. The summed E-state index contributed by atoms with van der Waals surface area (Å²) in [4.78, 5) is 4.83. The Morgan fingerprint density at radius 1 is 1.20 bits per heavy atom. The minimum atomic E-state index is 0.809. The summed E-state index contributed by atoms with van der Waals surface area (Å²) in [6.45, 7) is 0. The van der Waals surface area contributed by atoms with Crippen LogP contribution in [0.4, 0.5) is 0 Å². The molecule has 0 spiro atoms. The van der Waals surface area contributed by atoms with Crippen LogP contribution in [0.3, 0.4) is 0 Å². The Morgan fingerprint density at radius 2 is 2.20 bits per heavy atom. The van der Waals surface area contributed by atoms with E-state index >= 15 is 0 Å². The molecule has 1 aliphatic rings. The van der Waals surface area contributed by atoms with Gasteiger partial charge in [0, 0.05) is 0 Å². The van der Waals surface area contributed by atoms with Crippen molar-refractivity contribution in [3.63, 3.8) is 0 Å². The van der Waals surface area contributed by atoms with Gasteiger partial charge < -0.3 is 0 Å². The number of hydrogen-bond donors (Lipinski definition) is 0. The van der Waals surface area contributed by atoms with Gasteiger partial charge in [-0.3, -0.25) is 0 Å². The molecule has 0 saturated heterocycles. The molecular formula is C2H2As3. The maximum atomic E-state index is 2.41. The Morgan fingerprint density at radius 3 is 2.40 bits per heavy atom. The SMILES string of the molecule is C1=C[As]=[As][As]1. The summed E-state index contributed by atoms with van der Waals surface area (Å²) in [5.74, 6) is 0. The van der Waals surface area contributed by atoms with E-state index in [0.29, 0.717) is 0 Å². The first kappa shape index (κ1) is 4.57. The van der Waals surface area contributed by atoms with Crippen molar-refractivity contribution in [1.29, 1.82) is 0 Å². The quantitative estimate of drug-likeness (QED) is 0.505. The van der Waals surface area contributed by atoms with Crippen LogP contribution < -0.4 is 0 Å². The van der Waals surface area contributed by atoms with Crippen LogP contribution in [-0.2, 0) is 0 Å². The fourth-order valence-electron chi connectivity index (χ4n) is 0.149.